The van der Waals surface area contributed by atoms with E-state index >= 15 is 0 Å². The Bertz CT molecular complexity index is 918. The van der Waals surface area contributed by atoms with Crippen molar-refractivity contribution in [2.45, 2.75) is 16.6 Å². The number of pyridine rings is 1. The molecule has 3 rings (SSSR count). The molecule has 1 aromatic carbocycles. The molecule has 0 aliphatic carbocycles. The van der Waals surface area contributed by atoms with Gasteiger partial charge < -0.3 is 4.90 Å². The van der Waals surface area contributed by atoms with E-state index < -0.39 is 20.9 Å². The van der Waals surface area contributed by atoms with Crippen LogP contribution in [0, 0.1) is 5.82 Å². The zero-order chi connectivity index (χ0) is 18.0. The molecule has 1 saturated heterocycles. The molecule has 1 aliphatic heterocycles. The van der Waals surface area contributed by atoms with Gasteiger partial charge in [-0.1, -0.05) is 17.7 Å². The predicted octanol–water partition coefficient (Wildman–Crippen LogP) is 2.98. The van der Waals surface area contributed by atoms with Crippen LogP contribution in [0.25, 0.3) is 0 Å². The molecule has 0 bridgehead atoms. The summed E-state index contributed by atoms with van der Waals surface area (Å²) in [6.45, 7) is 0.887. The number of anilines is 1. The quantitative estimate of drug-likeness (QED) is 0.603. The minimum absolute atomic E-state index is 0.0257. The molecular formula is C17H17ClFN3O2S. The van der Waals surface area contributed by atoms with Gasteiger partial charge in [0, 0.05) is 26.4 Å². The van der Waals surface area contributed by atoms with Crippen LogP contribution >= 0.6 is 11.6 Å². The number of nitrogens with zero attached hydrogens (tertiary/aromatic N) is 3. The van der Waals surface area contributed by atoms with E-state index in [9.17, 15) is 12.8 Å². The molecule has 0 N–H and O–H groups in total. The number of hydrogen-bond acceptors (Lipinski definition) is 5. The Balaban J connectivity index is 1.83. The average Bonchev–Trinajstić information content (AvgIpc) is 3.06. The smallest absolute Gasteiger partial charge is 0.184 e. The molecule has 0 spiro atoms. The van der Waals surface area contributed by atoms with Gasteiger partial charge in [0.1, 0.15) is 11.6 Å². The molecule has 1 atom stereocenters. The number of halogens is 2. The first kappa shape index (κ1) is 17.8. The Labute approximate surface area is 151 Å². The lowest BCUT2D eigenvalue weighted by Gasteiger charge is -2.18. The highest BCUT2D eigenvalue weighted by Gasteiger charge is 2.36. The Morgan fingerprint density at radius 3 is 2.88 bits per heavy atom. The Morgan fingerprint density at radius 2 is 2.16 bits per heavy atom. The molecule has 0 radical (unpaired) electrons. The topological polar surface area (TPSA) is 62.6 Å². The van der Waals surface area contributed by atoms with Crippen molar-refractivity contribution in [1.82, 2.24) is 4.98 Å². The van der Waals surface area contributed by atoms with Gasteiger partial charge in [-0.25, -0.2) is 17.8 Å². The van der Waals surface area contributed by atoms with Crippen LogP contribution in [0.3, 0.4) is 0 Å². The van der Waals surface area contributed by atoms with Crippen molar-refractivity contribution in [2.24, 2.45) is 4.99 Å². The first-order valence-electron chi connectivity index (χ1n) is 7.75. The fourth-order valence-corrected chi connectivity index (χ4v) is 5.12. The zero-order valence-electron chi connectivity index (χ0n) is 13.6. The SMILES string of the molecule is CN=Cc1cccc(N2CCC(S(=O)(=O)c3ccc(F)cc3Cl)C2)n1. The standard InChI is InChI=1S/C17H17ClFN3O2S/c1-20-10-13-3-2-4-17(21-13)22-8-7-14(11-22)25(23,24)16-6-5-12(19)9-15(16)18/h2-6,9-10,14H,7-8,11H2,1H3. The van der Waals surface area contributed by atoms with Gasteiger partial charge in [0.05, 0.1) is 20.9 Å². The van der Waals surface area contributed by atoms with Crippen LogP contribution < -0.4 is 4.90 Å². The van der Waals surface area contributed by atoms with E-state index in [0.717, 1.165) is 12.1 Å². The summed E-state index contributed by atoms with van der Waals surface area (Å²) >= 11 is 5.94. The van der Waals surface area contributed by atoms with Crippen molar-refractivity contribution in [3.05, 3.63) is 52.9 Å². The van der Waals surface area contributed by atoms with Gasteiger partial charge in [-0.2, -0.15) is 0 Å². The van der Waals surface area contributed by atoms with Gasteiger partial charge in [-0.3, -0.25) is 4.99 Å². The second-order valence-corrected chi connectivity index (χ2v) is 8.39. The summed E-state index contributed by atoms with van der Waals surface area (Å²) in [5.74, 6) is 0.149. The summed E-state index contributed by atoms with van der Waals surface area (Å²) < 4.78 is 38.9. The minimum atomic E-state index is -3.64. The van der Waals surface area contributed by atoms with Gasteiger partial charge >= 0.3 is 0 Å². The van der Waals surface area contributed by atoms with E-state index in [4.69, 9.17) is 11.6 Å². The fraction of sp³-hybridized carbons (Fsp3) is 0.294. The van der Waals surface area contributed by atoms with Crippen LogP contribution in [-0.2, 0) is 9.84 Å². The monoisotopic (exact) mass is 381 g/mol. The molecule has 1 aromatic heterocycles. The maximum atomic E-state index is 13.2. The van der Waals surface area contributed by atoms with Crippen molar-refractivity contribution in [1.29, 1.82) is 0 Å². The van der Waals surface area contributed by atoms with Crippen molar-refractivity contribution in [2.75, 3.05) is 25.0 Å². The Hall–Kier alpha value is -1.99. The van der Waals surface area contributed by atoms with Gasteiger partial charge in [-0.05, 0) is 36.8 Å². The lowest BCUT2D eigenvalue weighted by Crippen LogP contribution is -2.27. The van der Waals surface area contributed by atoms with Gasteiger partial charge in [0.2, 0.25) is 0 Å². The highest BCUT2D eigenvalue weighted by molar-refractivity contribution is 7.92. The third-order valence-electron chi connectivity index (χ3n) is 4.13. The number of hydrogen-bond donors (Lipinski definition) is 0. The van der Waals surface area contributed by atoms with Crippen molar-refractivity contribution >= 4 is 33.5 Å². The van der Waals surface area contributed by atoms with E-state index in [2.05, 4.69) is 9.98 Å². The predicted molar refractivity (Wildman–Crippen MR) is 97.0 cm³/mol. The molecule has 1 unspecified atom stereocenters. The number of rotatable bonds is 4. The molecule has 5 nitrogen and oxygen atoms in total. The highest BCUT2D eigenvalue weighted by atomic mass is 35.5. The van der Waals surface area contributed by atoms with Crippen molar-refractivity contribution in [3.63, 3.8) is 0 Å². The van der Waals surface area contributed by atoms with Crippen molar-refractivity contribution < 1.29 is 12.8 Å². The van der Waals surface area contributed by atoms with E-state index in [1.807, 2.05) is 23.1 Å². The maximum Gasteiger partial charge on any atom is 0.184 e. The summed E-state index contributed by atoms with van der Waals surface area (Å²) in [5.41, 5.74) is 0.716. The molecule has 2 heterocycles. The summed E-state index contributed by atoms with van der Waals surface area (Å²) in [6, 6.07) is 8.90. The first-order valence-corrected chi connectivity index (χ1v) is 9.67. The second kappa shape index (κ2) is 7.09. The molecule has 0 amide bonds. The number of aromatic nitrogens is 1. The van der Waals surface area contributed by atoms with Gasteiger partial charge in [0.25, 0.3) is 0 Å². The fourth-order valence-electron chi connectivity index (χ4n) is 2.89. The number of sulfone groups is 1. The third-order valence-corrected chi connectivity index (χ3v) is 6.78. The summed E-state index contributed by atoms with van der Waals surface area (Å²) in [6.07, 6.45) is 2.11. The Kier molecular flexibility index (Phi) is 5.06. The van der Waals surface area contributed by atoms with Crippen LogP contribution in [0.2, 0.25) is 5.02 Å². The normalized spacial score (nSPS) is 18.2. The van der Waals surface area contributed by atoms with Gasteiger partial charge in [0.15, 0.2) is 9.84 Å². The van der Waals surface area contributed by atoms with E-state index in [1.54, 1.807) is 13.3 Å². The van der Waals surface area contributed by atoms with E-state index in [-0.39, 0.29) is 9.92 Å². The van der Waals surface area contributed by atoms with Crippen LogP contribution in [0.5, 0.6) is 0 Å². The molecule has 1 aliphatic rings. The summed E-state index contributed by atoms with van der Waals surface area (Å²) in [4.78, 5) is 10.3. The number of benzene rings is 1. The minimum Gasteiger partial charge on any atom is -0.355 e. The molecular weight excluding hydrogens is 365 g/mol. The zero-order valence-corrected chi connectivity index (χ0v) is 15.1. The van der Waals surface area contributed by atoms with Crippen LogP contribution in [0.15, 0.2) is 46.3 Å². The molecule has 0 saturated carbocycles. The lowest BCUT2D eigenvalue weighted by atomic mass is 10.3. The highest BCUT2D eigenvalue weighted by Crippen LogP contribution is 2.31. The molecule has 132 valence electrons. The van der Waals surface area contributed by atoms with Crippen LogP contribution in [0.4, 0.5) is 10.2 Å². The van der Waals surface area contributed by atoms with E-state index in [0.29, 0.717) is 31.0 Å². The average molecular weight is 382 g/mol. The Morgan fingerprint density at radius 1 is 1.36 bits per heavy atom. The van der Waals surface area contributed by atoms with E-state index in [1.165, 1.54) is 6.07 Å². The molecule has 8 heteroatoms. The lowest BCUT2D eigenvalue weighted by molar-refractivity contribution is 0.582. The number of aliphatic imine (C=N–C) groups is 1. The maximum absolute atomic E-state index is 13.2. The first-order chi connectivity index (χ1) is 11.9. The van der Waals surface area contributed by atoms with Crippen molar-refractivity contribution in [3.8, 4) is 0 Å². The molecule has 25 heavy (non-hydrogen) atoms. The third kappa shape index (κ3) is 3.67. The second-order valence-electron chi connectivity index (χ2n) is 5.78. The molecule has 2 aromatic rings. The van der Waals surface area contributed by atoms with Crippen LogP contribution in [-0.4, -0.2) is 45.0 Å². The largest absolute Gasteiger partial charge is 0.355 e. The van der Waals surface area contributed by atoms with Gasteiger partial charge in [-0.15, -0.1) is 0 Å². The molecule has 1 fully saturated rings. The van der Waals surface area contributed by atoms with Crippen LogP contribution in [0.1, 0.15) is 12.1 Å². The summed E-state index contributed by atoms with van der Waals surface area (Å²) in [7, 11) is -1.98. The summed E-state index contributed by atoms with van der Waals surface area (Å²) in [5, 5.41) is -0.696.